The lowest BCUT2D eigenvalue weighted by molar-refractivity contribution is 0.197. The summed E-state index contributed by atoms with van der Waals surface area (Å²) in [5.74, 6) is 0.339. The molecule has 1 atom stereocenters. The molecule has 0 aliphatic heterocycles. The summed E-state index contributed by atoms with van der Waals surface area (Å²) in [6.07, 6.45) is -0.722. The van der Waals surface area contributed by atoms with Crippen molar-refractivity contribution in [2.45, 2.75) is 63.2 Å². The molecule has 1 unspecified atom stereocenters. The molecular weight excluding hydrogens is 412 g/mol. The van der Waals surface area contributed by atoms with Gasteiger partial charge in [0, 0.05) is 27.6 Å². The fraction of sp³-hybridized carbons (Fsp3) is 0.346. The second kappa shape index (κ2) is 9.92. The van der Waals surface area contributed by atoms with Gasteiger partial charge in [-0.05, 0) is 71.8 Å². The normalized spacial score (nSPS) is 12.6. The van der Waals surface area contributed by atoms with E-state index in [1.165, 1.54) is 24.3 Å². The minimum absolute atomic E-state index is 0.125. The van der Waals surface area contributed by atoms with Crippen LogP contribution in [0.1, 0.15) is 75.1 Å². The van der Waals surface area contributed by atoms with Crippen molar-refractivity contribution in [2.75, 3.05) is 0 Å². The fourth-order valence-electron chi connectivity index (χ4n) is 3.80. The summed E-state index contributed by atoms with van der Waals surface area (Å²) < 4.78 is 27.0. The molecule has 0 bridgehead atoms. The van der Waals surface area contributed by atoms with E-state index in [0.29, 0.717) is 5.75 Å². The Balaban J connectivity index is 2.25. The molecule has 164 valence electrons. The minimum Gasteiger partial charge on any atom is -0.389 e. The van der Waals surface area contributed by atoms with E-state index in [0.717, 1.165) is 38.5 Å². The molecule has 2 nitrogen and oxygen atoms in total. The van der Waals surface area contributed by atoms with Gasteiger partial charge in [-0.25, -0.2) is 8.78 Å². The van der Waals surface area contributed by atoms with Crippen LogP contribution in [0.2, 0.25) is 0 Å². The van der Waals surface area contributed by atoms with Gasteiger partial charge in [0.2, 0.25) is 0 Å². The lowest BCUT2D eigenvalue weighted by atomic mass is 9.86. The molecule has 0 amide bonds. The third-order valence-corrected chi connectivity index (χ3v) is 6.28. The summed E-state index contributed by atoms with van der Waals surface area (Å²) in [7, 11) is 0. The average Bonchev–Trinajstić information content (AvgIpc) is 2.72. The van der Waals surface area contributed by atoms with Crippen LogP contribution in [0.4, 0.5) is 8.78 Å². The quantitative estimate of drug-likeness (QED) is 0.383. The maximum atomic E-state index is 13.7. The van der Waals surface area contributed by atoms with Crippen LogP contribution >= 0.6 is 11.8 Å². The van der Waals surface area contributed by atoms with E-state index in [1.54, 1.807) is 43.0 Å². The Kier molecular flexibility index (Phi) is 7.50. The Bertz CT molecular complexity index is 1030. The van der Waals surface area contributed by atoms with Crippen molar-refractivity contribution in [2.24, 2.45) is 0 Å². The number of halogens is 2. The molecule has 0 fully saturated rings. The molecule has 1 N–H and O–H groups in total. The molecule has 0 spiro atoms. The summed E-state index contributed by atoms with van der Waals surface area (Å²) in [5.41, 5.74) is 5.44. The summed E-state index contributed by atoms with van der Waals surface area (Å²) in [6.45, 7) is 10.1. The number of pyridine rings is 1. The molecule has 31 heavy (non-hydrogen) atoms. The molecular formula is C26H29F2NOS. The molecule has 0 aliphatic carbocycles. The maximum Gasteiger partial charge on any atom is 0.123 e. The fourth-order valence-corrected chi connectivity index (χ4v) is 4.73. The first kappa shape index (κ1) is 23.4. The number of aliphatic hydroxyl groups excluding tert-OH is 1. The van der Waals surface area contributed by atoms with E-state index < -0.39 is 6.10 Å². The van der Waals surface area contributed by atoms with E-state index in [2.05, 4.69) is 27.7 Å². The van der Waals surface area contributed by atoms with Crippen LogP contribution in [-0.2, 0) is 5.75 Å². The van der Waals surface area contributed by atoms with Crippen molar-refractivity contribution in [1.29, 1.82) is 0 Å². The second-order valence-electron chi connectivity index (χ2n) is 8.38. The van der Waals surface area contributed by atoms with Crippen molar-refractivity contribution >= 4 is 11.8 Å². The standard InChI is InChI=1S/C26H29F2NOS/c1-15(2)25-22(14-31-21-12-10-20(28)11-13-21)24(18-6-8-19(27)9-7-18)23(17(5)30)26(29-25)16(3)4/h6-13,15-17,30H,14H2,1-5H3. The van der Waals surface area contributed by atoms with Gasteiger partial charge >= 0.3 is 0 Å². The first-order valence-electron chi connectivity index (χ1n) is 10.6. The van der Waals surface area contributed by atoms with E-state index in [4.69, 9.17) is 4.98 Å². The van der Waals surface area contributed by atoms with Gasteiger partial charge in [-0.1, -0.05) is 39.8 Å². The summed E-state index contributed by atoms with van der Waals surface area (Å²) in [6, 6.07) is 12.8. The predicted octanol–water partition coefficient (Wildman–Crippen LogP) is 7.62. The molecule has 5 heteroatoms. The van der Waals surface area contributed by atoms with Crippen LogP contribution in [0.3, 0.4) is 0 Å². The molecule has 2 aromatic carbocycles. The molecule has 0 radical (unpaired) electrons. The zero-order valence-corrected chi connectivity index (χ0v) is 19.4. The predicted molar refractivity (Wildman–Crippen MR) is 124 cm³/mol. The third-order valence-electron chi connectivity index (χ3n) is 5.24. The van der Waals surface area contributed by atoms with Gasteiger partial charge in [-0.3, -0.25) is 4.98 Å². The Hall–Kier alpha value is -2.24. The first-order chi connectivity index (χ1) is 14.7. The summed E-state index contributed by atoms with van der Waals surface area (Å²) in [5, 5.41) is 10.8. The molecule has 0 saturated carbocycles. The number of hydrogen-bond donors (Lipinski definition) is 1. The van der Waals surface area contributed by atoms with Crippen molar-refractivity contribution in [3.8, 4) is 11.1 Å². The van der Waals surface area contributed by atoms with E-state index >= 15 is 0 Å². The number of nitrogens with zero attached hydrogens (tertiary/aromatic N) is 1. The molecule has 0 saturated heterocycles. The highest BCUT2D eigenvalue weighted by molar-refractivity contribution is 7.98. The van der Waals surface area contributed by atoms with E-state index in [-0.39, 0.29) is 23.5 Å². The summed E-state index contributed by atoms with van der Waals surface area (Å²) in [4.78, 5) is 5.97. The van der Waals surface area contributed by atoms with Gasteiger partial charge in [0.25, 0.3) is 0 Å². The topological polar surface area (TPSA) is 33.1 Å². The third kappa shape index (κ3) is 5.34. The largest absolute Gasteiger partial charge is 0.389 e. The Morgan fingerprint density at radius 2 is 1.32 bits per heavy atom. The highest BCUT2D eigenvalue weighted by Gasteiger charge is 2.26. The van der Waals surface area contributed by atoms with Crippen molar-refractivity contribution in [3.63, 3.8) is 0 Å². The van der Waals surface area contributed by atoms with Gasteiger partial charge in [0.05, 0.1) is 6.10 Å². The van der Waals surface area contributed by atoms with Crippen LogP contribution in [0.15, 0.2) is 53.4 Å². The summed E-state index contributed by atoms with van der Waals surface area (Å²) >= 11 is 1.60. The first-order valence-corrected chi connectivity index (χ1v) is 11.6. The number of thioether (sulfide) groups is 1. The second-order valence-corrected chi connectivity index (χ2v) is 9.43. The van der Waals surface area contributed by atoms with E-state index in [9.17, 15) is 13.9 Å². The van der Waals surface area contributed by atoms with Crippen LogP contribution in [0, 0.1) is 11.6 Å². The van der Waals surface area contributed by atoms with Crippen LogP contribution < -0.4 is 0 Å². The highest BCUT2D eigenvalue weighted by atomic mass is 32.2. The average molecular weight is 442 g/mol. The zero-order valence-electron chi connectivity index (χ0n) is 18.6. The van der Waals surface area contributed by atoms with Crippen molar-refractivity contribution in [1.82, 2.24) is 4.98 Å². The van der Waals surface area contributed by atoms with Gasteiger partial charge < -0.3 is 5.11 Å². The molecule has 3 aromatic rings. The van der Waals surface area contributed by atoms with Crippen molar-refractivity contribution in [3.05, 3.63) is 82.7 Å². The Morgan fingerprint density at radius 3 is 1.81 bits per heavy atom. The zero-order chi connectivity index (χ0) is 22.7. The molecule has 0 aliphatic rings. The lowest BCUT2D eigenvalue weighted by Gasteiger charge is -2.26. The SMILES string of the molecule is CC(C)c1nc(C(C)C)c(C(C)O)c(-c2ccc(F)cc2)c1CSc1ccc(F)cc1. The number of hydrogen-bond acceptors (Lipinski definition) is 3. The molecule has 3 rings (SSSR count). The van der Waals surface area contributed by atoms with Crippen LogP contribution in [-0.4, -0.2) is 10.1 Å². The van der Waals surface area contributed by atoms with E-state index in [1.807, 2.05) is 0 Å². The molecule has 1 aromatic heterocycles. The smallest absolute Gasteiger partial charge is 0.123 e. The number of benzene rings is 2. The monoisotopic (exact) mass is 441 g/mol. The van der Waals surface area contributed by atoms with Crippen LogP contribution in [0.5, 0.6) is 0 Å². The van der Waals surface area contributed by atoms with Gasteiger partial charge in [0.15, 0.2) is 0 Å². The maximum absolute atomic E-state index is 13.7. The van der Waals surface area contributed by atoms with Crippen molar-refractivity contribution < 1.29 is 13.9 Å². The van der Waals surface area contributed by atoms with Gasteiger partial charge in [-0.15, -0.1) is 11.8 Å². The van der Waals surface area contributed by atoms with Gasteiger partial charge in [0.1, 0.15) is 11.6 Å². The molecule has 1 heterocycles. The highest BCUT2D eigenvalue weighted by Crippen LogP contribution is 2.41. The van der Waals surface area contributed by atoms with Gasteiger partial charge in [-0.2, -0.15) is 0 Å². The number of aromatic nitrogens is 1. The Morgan fingerprint density at radius 1 is 0.806 bits per heavy atom. The number of aliphatic hydroxyl groups is 1. The number of rotatable bonds is 7. The minimum atomic E-state index is -0.722. The Labute approximate surface area is 187 Å². The van der Waals surface area contributed by atoms with Crippen LogP contribution in [0.25, 0.3) is 11.1 Å². The lowest BCUT2D eigenvalue weighted by Crippen LogP contribution is -2.13.